The number of rotatable bonds is 13. The average molecular weight is 599 g/mol. The van der Waals surface area contributed by atoms with Gasteiger partial charge in [-0.25, -0.2) is 14.4 Å². The summed E-state index contributed by atoms with van der Waals surface area (Å²) >= 11 is 0. The highest BCUT2D eigenvalue weighted by Gasteiger charge is 2.30. The molecule has 4 rings (SSSR count). The number of carbonyl (C=O) groups excluding carboxylic acids is 3. The van der Waals surface area contributed by atoms with Crippen molar-refractivity contribution in [3.05, 3.63) is 108 Å². The standard InChI is InChI=1S/C35H38N2O7/c1-24(2)21-37(22-30(38)34(40)43-23-25-12-5-4-6-13-25)35(41)36-29(33(39)44-32-19-10-9-18-31(32)42-3)20-27-16-11-15-26-14-7-8-17-28(26)27/h4-19,24,29-30,38H,20-23H2,1-3H3,(H,36,41). The minimum Gasteiger partial charge on any atom is -0.493 e. The fraction of sp³-hybridized carbons (Fsp3) is 0.286. The SMILES string of the molecule is COc1ccccc1OC(=O)C(Cc1cccc2ccccc12)NC(=O)N(CC(C)C)CC(O)C(=O)OCc1ccccc1. The van der Waals surface area contributed by atoms with Crippen molar-refractivity contribution in [1.29, 1.82) is 0 Å². The minimum absolute atomic E-state index is 0.00494. The van der Waals surface area contributed by atoms with E-state index in [0.29, 0.717) is 5.75 Å². The van der Waals surface area contributed by atoms with Crippen LogP contribution in [0.1, 0.15) is 25.0 Å². The predicted octanol–water partition coefficient (Wildman–Crippen LogP) is 5.14. The summed E-state index contributed by atoms with van der Waals surface area (Å²) in [4.78, 5) is 41.2. The van der Waals surface area contributed by atoms with Crippen LogP contribution >= 0.6 is 0 Å². The molecule has 0 saturated carbocycles. The van der Waals surface area contributed by atoms with E-state index in [1.165, 1.54) is 12.0 Å². The van der Waals surface area contributed by atoms with E-state index >= 15 is 0 Å². The molecule has 2 unspecified atom stereocenters. The van der Waals surface area contributed by atoms with E-state index in [0.717, 1.165) is 21.9 Å². The van der Waals surface area contributed by atoms with Crippen molar-refractivity contribution in [1.82, 2.24) is 10.2 Å². The number of fused-ring (bicyclic) bond motifs is 1. The third kappa shape index (κ3) is 8.81. The van der Waals surface area contributed by atoms with E-state index in [-0.39, 0.29) is 37.8 Å². The van der Waals surface area contributed by atoms with E-state index in [4.69, 9.17) is 14.2 Å². The van der Waals surface area contributed by atoms with E-state index in [1.54, 1.807) is 36.4 Å². The number of aliphatic hydroxyl groups is 1. The lowest BCUT2D eigenvalue weighted by atomic mass is 9.99. The summed E-state index contributed by atoms with van der Waals surface area (Å²) in [7, 11) is 1.47. The summed E-state index contributed by atoms with van der Waals surface area (Å²) in [6.07, 6.45) is -1.45. The number of methoxy groups -OCH3 is 1. The van der Waals surface area contributed by atoms with Crippen molar-refractivity contribution < 1.29 is 33.7 Å². The molecule has 0 bridgehead atoms. The van der Waals surface area contributed by atoms with Crippen LogP contribution in [0.5, 0.6) is 11.5 Å². The van der Waals surface area contributed by atoms with Gasteiger partial charge >= 0.3 is 18.0 Å². The molecule has 0 fully saturated rings. The molecule has 0 heterocycles. The van der Waals surface area contributed by atoms with Crippen LogP contribution in [0.3, 0.4) is 0 Å². The molecular formula is C35H38N2O7. The Hall–Kier alpha value is -4.89. The van der Waals surface area contributed by atoms with Crippen molar-refractivity contribution in [2.24, 2.45) is 5.92 Å². The van der Waals surface area contributed by atoms with Crippen LogP contribution in [0, 0.1) is 5.92 Å². The fourth-order valence-electron chi connectivity index (χ4n) is 4.80. The summed E-state index contributed by atoms with van der Waals surface area (Å²) in [5.41, 5.74) is 1.61. The van der Waals surface area contributed by atoms with Crippen molar-refractivity contribution in [3.63, 3.8) is 0 Å². The molecule has 0 aromatic heterocycles. The normalized spacial score (nSPS) is 12.3. The number of aliphatic hydroxyl groups excluding tert-OH is 1. The Bertz CT molecular complexity index is 1550. The first-order valence-corrected chi connectivity index (χ1v) is 14.5. The molecule has 0 radical (unpaired) electrons. The molecule has 9 nitrogen and oxygen atoms in total. The summed E-state index contributed by atoms with van der Waals surface area (Å²) in [5.74, 6) is -0.950. The van der Waals surface area contributed by atoms with Crippen molar-refractivity contribution in [2.45, 2.75) is 39.0 Å². The first kappa shape index (κ1) is 32.0. The number of nitrogens with zero attached hydrogens (tertiary/aromatic N) is 1. The third-order valence-corrected chi connectivity index (χ3v) is 6.93. The van der Waals surface area contributed by atoms with Gasteiger partial charge in [0.15, 0.2) is 17.6 Å². The highest BCUT2D eigenvalue weighted by Crippen LogP contribution is 2.27. The predicted molar refractivity (Wildman–Crippen MR) is 167 cm³/mol. The molecular weight excluding hydrogens is 560 g/mol. The Balaban J connectivity index is 1.54. The van der Waals surface area contributed by atoms with Gasteiger partial charge < -0.3 is 29.5 Å². The Labute approximate surface area is 257 Å². The minimum atomic E-state index is -1.58. The van der Waals surface area contributed by atoms with E-state index < -0.39 is 30.1 Å². The number of hydrogen-bond acceptors (Lipinski definition) is 7. The van der Waals surface area contributed by atoms with Crippen LogP contribution in [0.4, 0.5) is 4.79 Å². The monoisotopic (exact) mass is 598 g/mol. The molecule has 9 heteroatoms. The van der Waals surface area contributed by atoms with Crippen molar-refractivity contribution >= 4 is 28.7 Å². The number of para-hydroxylation sites is 2. The fourth-order valence-corrected chi connectivity index (χ4v) is 4.80. The average Bonchev–Trinajstić information content (AvgIpc) is 3.03. The lowest BCUT2D eigenvalue weighted by Gasteiger charge is -2.28. The van der Waals surface area contributed by atoms with Crippen LogP contribution in [-0.4, -0.2) is 60.3 Å². The van der Waals surface area contributed by atoms with Gasteiger partial charge in [0.1, 0.15) is 12.6 Å². The molecule has 44 heavy (non-hydrogen) atoms. The molecule has 4 aromatic carbocycles. The van der Waals surface area contributed by atoms with Gasteiger partial charge in [0, 0.05) is 13.0 Å². The Morgan fingerprint density at radius 1 is 0.795 bits per heavy atom. The Morgan fingerprint density at radius 2 is 1.45 bits per heavy atom. The molecule has 0 aliphatic rings. The highest BCUT2D eigenvalue weighted by molar-refractivity contribution is 5.89. The Kier molecular flexibility index (Phi) is 11.3. The molecule has 0 aliphatic carbocycles. The zero-order valence-corrected chi connectivity index (χ0v) is 25.1. The molecule has 2 N–H and O–H groups in total. The maximum absolute atomic E-state index is 13.7. The molecule has 2 atom stereocenters. The molecule has 0 spiro atoms. The van der Waals surface area contributed by atoms with E-state index in [9.17, 15) is 19.5 Å². The van der Waals surface area contributed by atoms with Gasteiger partial charge in [0.05, 0.1) is 13.7 Å². The highest BCUT2D eigenvalue weighted by atomic mass is 16.6. The van der Waals surface area contributed by atoms with Gasteiger partial charge in [-0.15, -0.1) is 0 Å². The number of carbonyl (C=O) groups is 3. The zero-order chi connectivity index (χ0) is 31.5. The molecule has 0 aliphatic heterocycles. The van der Waals surface area contributed by atoms with Crippen molar-refractivity contribution in [2.75, 3.05) is 20.2 Å². The summed E-state index contributed by atoms with van der Waals surface area (Å²) < 4.78 is 16.3. The van der Waals surface area contributed by atoms with Crippen LogP contribution < -0.4 is 14.8 Å². The van der Waals surface area contributed by atoms with Gasteiger partial charge in [-0.05, 0) is 39.9 Å². The maximum Gasteiger partial charge on any atom is 0.337 e. The van der Waals surface area contributed by atoms with Crippen LogP contribution in [0.15, 0.2) is 97.1 Å². The third-order valence-electron chi connectivity index (χ3n) is 6.93. The number of ether oxygens (including phenoxy) is 3. The largest absolute Gasteiger partial charge is 0.493 e. The maximum atomic E-state index is 13.7. The molecule has 2 amide bonds. The number of benzene rings is 4. The van der Waals surface area contributed by atoms with Gasteiger partial charge in [0.25, 0.3) is 0 Å². The second-order valence-corrected chi connectivity index (χ2v) is 10.8. The van der Waals surface area contributed by atoms with Crippen LogP contribution in [-0.2, 0) is 27.4 Å². The first-order valence-electron chi connectivity index (χ1n) is 14.5. The van der Waals surface area contributed by atoms with Crippen LogP contribution in [0.25, 0.3) is 10.8 Å². The Morgan fingerprint density at radius 3 is 2.18 bits per heavy atom. The van der Waals surface area contributed by atoms with Gasteiger partial charge in [0.2, 0.25) is 0 Å². The van der Waals surface area contributed by atoms with Gasteiger partial charge in [-0.1, -0.05) is 98.8 Å². The zero-order valence-electron chi connectivity index (χ0n) is 25.1. The number of hydrogen-bond donors (Lipinski definition) is 2. The number of nitrogens with one attached hydrogen (secondary N) is 1. The number of amides is 2. The lowest BCUT2D eigenvalue weighted by Crippen LogP contribution is -2.53. The second-order valence-electron chi connectivity index (χ2n) is 10.8. The lowest BCUT2D eigenvalue weighted by molar-refractivity contribution is -0.155. The smallest absolute Gasteiger partial charge is 0.337 e. The van der Waals surface area contributed by atoms with E-state index in [2.05, 4.69) is 5.32 Å². The summed E-state index contributed by atoms with van der Waals surface area (Å²) in [6.45, 7) is 3.71. The van der Waals surface area contributed by atoms with Gasteiger partial charge in [-0.2, -0.15) is 0 Å². The van der Waals surface area contributed by atoms with Gasteiger partial charge in [-0.3, -0.25) is 0 Å². The molecule has 0 saturated heterocycles. The first-order chi connectivity index (χ1) is 21.2. The number of esters is 2. The summed E-state index contributed by atoms with van der Waals surface area (Å²) in [6, 6.07) is 27.7. The molecule has 4 aromatic rings. The summed E-state index contributed by atoms with van der Waals surface area (Å²) in [5, 5.41) is 15.4. The second kappa shape index (κ2) is 15.5. The topological polar surface area (TPSA) is 114 Å². The van der Waals surface area contributed by atoms with Crippen LogP contribution in [0.2, 0.25) is 0 Å². The van der Waals surface area contributed by atoms with Crippen molar-refractivity contribution in [3.8, 4) is 11.5 Å². The van der Waals surface area contributed by atoms with E-state index in [1.807, 2.05) is 74.5 Å². The molecule has 230 valence electrons. The quantitative estimate of drug-likeness (QED) is 0.162. The number of urea groups is 1.